The summed E-state index contributed by atoms with van der Waals surface area (Å²) in [6, 6.07) is 0.346. The van der Waals surface area contributed by atoms with Gasteiger partial charge in [0.1, 0.15) is 0 Å². The monoisotopic (exact) mass is 144 g/mol. The smallest absolute Gasteiger partial charge is 0.0600 e. The third-order valence-electron chi connectivity index (χ3n) is 2.30. The fourth-order valence-electron chi connectivity index (χ4n) is 1.39. The molecule has 0 unspecified atom stereocenters. The molecular weight excluding hydrogens is 128 g/mol. The maximum Gasteiger partial charge on any atom is 0.0600 e. The molecule has 0 aliphatic carbocycles. The lowest BCUT2D eigenvalue weighted by atomic mass is 10.1. The van der Waals surface area contributed by atoms with Crippen molar-refractivity contribution in [2.75, 3.05) is 27.2 Å². The van der Waals surface area contributed by atoms with E-state index >= 15 is 0 Å². The lowest BCUT2D eigenvalue weighted by Crippen LogP contribution is -2.49. The van der Waals surface area contributed by atoms with E-state index in [0.717, 1.165) is 13.0 Å². The third-order valence-corrected chi connectivity index (χ3v) is 2.30. The Morgan fingerprint density at radius 3 is 2.70 bits per heavy atom. The maximum absolute atomic E-state index is 8.91. The molecule has 0 bridgehead atoms. The van der Waals surface area contributed by atoms with Gasteiger partial charge < -0.3 is 5.11 Å². The standard InChI is InChI=1S/C7H16N2O/c1-8-5-3-4-7(6-10)9(8)2/h7,10H,3-6H2,1-2H3/t7-/m0/s1. The van der Waals surface area contributed by atoms with Crippen LogP contribution >= 0.6 is 0 Å². The van der Waals surface area contributed by atoms with Crippen LogP contribution < -0.4 is 0 Å². The Balaban J connectivity index is 2.42. The van der Waals surface area contributed by atoms with Crippen molar-refractivity contribution in [2.24, 2.45) is 0 Å². The number of hydrazine groups is 1. The molecule has 0 aromatic rings. The highest BCUT2D eigenvalue weighted by Crippen LogP contribution is 2.13. The molecule has 1 N–H and O–H groups in total. The molecule has 60 valence electrons. The van der Waals surface area contributed by atoms with Gasteiger partial charge in [0.05, 0.1) is 6.61 Å². The summed E-state index contributed by atoms with van der Waals surface area (Å²) in [5.41, 5.74) is 0. The minimum Gasteiger partial charge on any atom is -0.395 e. The summed E-state index contributed by atoms with van der Waals surface area (Å²) < 4.78 is 0. The largest absolute Gasteiger partial charge is 0.395 e. The predicted molar refractivity (Wildman–Crippen MR) is 40.5 cm³/mol. The number of likely N-dealkylation sites (N-methyl/N-ethyl adjacent to an activating group) is 1. The van der Waals surface area contributed by atoms with Gasteiger partial charge in [0.25, 0.3) is 0 Å². The lowest BCUT2D eigenvalue weighted by Gasteiger charge is -2.38. The maximum atomic E-state index is 8.91. The van der Waals surface area contributed by atoms with Gasteiger partial charge in [-0.2, -0.15) is 0 Å². The van der Waals surface area contributed by atoms with Crippen LogP contribution in [0.4, 0.5) is 0 Å². The average Bonchev–Trinajstić information content (AvgIpc) is 1.95. The summed E-state index contributed by atoms with van der Waals surface area (Å²) in [5, 5.41) is 13.2. The second-order valence-electron chi connectivity index (χ2n) is 2.93. The van der Waals surface area contributed by atoms with Gasteiger partial charge in [-0.1, -0.05) is 0 Å². The number of aliphatic hydroxyl groups is 1. The predicted octanol–water partition coefficient (Wildman–Crippen LogP) is -0.0803. The molecule has 1 atom stereocenters. The highest BCUT2D eigenvalue weighted by molar-refractivity contribution is 4.70. The Labute approximate surface area is 62.2 Å². The van der Waals surface area contributed by atoms with Crippen LogP contribution in [0.15, 0.2) is 0 Å². The highest BCUT2D eigenvalue weighted by atomic mass is 16.3. The minimum atomic E-state index is 0.279. The quantitative estimate of drug-likeness (QED) is 0.557. The van der Waals surface area contributed by atoms with Gasteiger partial charge in [0, 0.05) is 26.7 Å². The van der Waals surface area contributed by atoms with E-state index in [9.17, 15) is 0 Å². The van der Waals surface area contributed by atoms with Crippen LogP contribution in [0.3, 0.4) is 0 Å². The molecule has 0 radical (unpaired) electrons. The molecule has 0 aromatic heterocycles. The van der Waals surface area contributed by atoms with Crippen molar-refractivity contribution in [2.45, 2.75) is 18.9 Å². The van der Waals surface area contributed by atoms with E-state index in [4.69, 9.17) is 5.11 Å². The van der Waals surface area contributed by atoms with Crippen molar-refractivity contribution >= 4 is 0 Å². The fourth-order valence-corrected chi connectivity index (χ4v) is 1.39. The fraction of sp³-hybridized carbons (Fsp3) is 1.00. The zero-order chi connectivity index (χ0) is 7.56. The SMILES string of the molecule is CN1CCC[C@@H](CO)N1C. The van der Waals surface area contributed by atoms with Crippen LogP contribution in [0.5, 0.6) is 0 Å². The summed E-state index contributed by atoms with van der Waals surface area (Å²) in [6.45, 7) is 1.40. The lowest BCUT2D eigenvalue weighted by molar-refractivity contribution is -0.0635. The summed E-state index contributed by atoms with van der Waals surface area (Å²) >= 11 is 0. The molecule has 10 heavy (non-hydrogen) atoms. The van der Waals surface area contributed by atoms with Crippen molar-refractivity contribution in [3.63, 3.8) is 0 Å². The van der Waals surface area contributed by atoms with Crippen molar-refractivity contribution in [3.8, 4) is 0 Å². The van der Waals surface area contributed by atoms with E-state index in [-0.39, 0.29) is 6.61 Å². The number of hydrogen-bond donors (Lipinski definition) is 1. The Kier molecular flexibility index (Phi) is 2.65. The Bertz CT molecular complexity index is 108. The zero-order valence-corrected chi connectivity index (χ0v) is 6.75. The highest BCUT2D eigenvalue weighted by Gasteiger charge is 2.21. The van der Waals surface area contributed by atoms with Crippen LogP contribution in [-0.4, -0.2) is 48.4 Å². The van der Waals surface area contributed by atoms with E-state index < -0.39 is 0 Å². The second kappa shape index (κ2) is 3.32. The first-order valence-corrected chi connectivity index (χ1v) is 3.80. The summed E-state index contributed by atoms with van der Waals surface area (Å²) in [4.78, 5) is 0. The first-order chi connectivity index (χ1) is 4.75. The summed E-state index contributed by atoms with van der Waals surface area (Å²) in [7, 11) is 4.09. The van der Waals surface area contributed by atoms with Gasteiger partial charge in [0.15, 0.2) is 0 Å². The number of aliphatic hydroxyl groups excluding tert-OH is 1. The Morgan fingerprint density at radius 1 is 1.50 bits per heavy atom. The second-order valence-corrected chi connectivity index (χ2v) is 2.93. The van der Waals surface area contributed by atoms with E-state index in [1.54, 1.807) is 0 Å². The molecule has 1 fully saturated rings. The van der Waals surface area contributed by atoms with Crippen molar-refractivity contribution in [1.82, 2.24) is 10.0 Å². The van der Waals surface area contributed by atoms with E-state index in [0.29, 0.717) is 6.04 Å². The molecule has 1 rings (SSSR count). The normalized spacial score (nSPS) is 30.9. The van der Waals surface area contributed by atoms with Crippen molar-refractivity contribution in [3.05, 3.63) is 0 Å². The molecule has 1 saturated heterocycles. The molecule has 0 amide bonds. The number of rotatable bonds is 1. The molecule has 1 aliphatic heterocycles. The van der Waals surface area contributed by atoms with Gasteiger partial charge in [-0.15, -0.1) is 0 Å². The van der Waals surface area contributed by atoms with E-state index in [1.165, 1.54) is 6.42 Å². The first kappa shape index (κ1) is 7.98. The van der Waals surface area contributed by atoms with Gasteiger partial charge in [-0.25, -0.2) is 10.0 Å². The molecule has 1 heterocycles. The average molecular weight is 144 g/mol. The minimum absolute atomic E-state index is 0.279. The van der Waals surface area contributed by atoms with Gasteiger partial charge in [0.2, 0.25) is 0 Å². The molecule has 1 aliphatic rings. The van der Waals surface area contributed by atoms with E-state index in [2.05, 4.69) is 17.1 Å². The van der Waals surface area contributed by atoms with Gasteiger partial charge in [-0.05, 0) is 12.8 Å². The van der Waals surface area contributed by atoms with Crippen molar-refractivity contribution in [1.29, 1.82) is 0 Å². The summed E-state index contributed by atoms with van der Waals surface area (Å²) in [5.74, 6) is 0. The molecule has 3 heteroatoms. The molecular formula is C7H16N2O. The first-order valence-electron chi connectivity index (χ1n) is 3.80. The Hall–Kier alpha value is -0.120. The topological polar surface area (TPSA) is 26.7 Å². The molecule has 0 spiro atoms. The molecule has 0 aromatic carbocycles. The summed E-state index contributed by atoms with van der Waals surface area (Å²) in [6.07, 6.45) is 2.32. The zero-order valence-electron chi connectivity index (χ0n) is 6.75. The van der Waals surface area contributed by atoms with Gasteiger partial charge in [-0.3, -0.25) is 0 Å². The van der Waals surface area contributed by atoms with Crippen LogP contribution in [0, 0.1) is 0 Å². The van der Waals surface area contributed by atoms with Crippen LogP contribution in [-0.2, 0) is 0 Å². The van der Waals surface area contributed by atoms with E-state index in [1.807, 2.05) is 7.05 Å². The number of nitrogens with zero attached hydrogens (tertiary/aromatic N) is 2. The van der Waals surface area contributed by atoms with Crippen LogP contribution in [0.25, 0.3) is 0 Å². The molecule has 3 nitrogen and oxygen atoms in total. The third kappa shape index (κ3) is 1.48. The molecule has 0 saturated carbocycles. The van der Waals surface area contributed by atoms with Crippen LogP contribution in [0.1, 0.15) is 12.8 Å². The van der Waals surface area contributed by atoms with Crippen molar-refractivity contribution < 1.29 is 5.11 Å². The van der Waals surface area contributed by atoms with Gasteiger partial charge >= 0.3 is 0 Å². The van der Waals surface area contributed by atoms with Crippen LogP contribution in [0.2, 0.25) is 0 Å². The number of hydrogen-bond acceptors (Lipinski definition) is 3. The Morgan fingerprint density at radius 2 is 2.20 bits per heavy atom.